The van der Waals surface area contributed by atoms with E-state index in [4.69, 9.17) is 5.73 Å². The maximum Gasteiger partial charge on any atom is 0.0656 e. The van der Waals surface area contributed by atoms with Crippen molar-refractivity contribution >= 4 is 0 Å². The first-order valence-electron chi connectivity index (χ1n) is 5.22. The van der Waals surface area contributed by atoms with Gasteiger partial charge in [0.05, 0.1) is 5.69 Å². The topological polar surface area (TPSA) is 57.9 Å². The Morgan fingerprint density at radius 3 is 3.07 bits per heavy atom. The first-order chi connectivity index (χ1) is 6.79. The van der Waals surface area contributed by atoms with Gasteiger partial charge in [-0.15, -0.1) is 0 Å². The lowest BCUT2D eigenvalue weighted by Gasteiger charge is -2.13. The fourth-order valence-electron chi connectivity index (χ4n) is 1.64. The van der Waals surface area contributed by atoms with Crippen molar-refractivity contribution in [2.45, 2.75) is 25.3 Å². The van der Waals surface area contributed by atoms with E-state index in [1.54, 1.807) is 0 Å². The van der Waals surface area contributed by atoms with Crippen molar-refractivity contribution < 1.29 is 0 Å². The summed E-state index contributed by atoms with van der Waals surface area (Å²) in [5, 5.41) is 7.39. The minimum Gasteiger partial charge on any atom is -0.329 e. The Labute approximate surface area is 84.5 Å². The Bertz CT molecular complexity index is 290. The van der Waals surface area contributed by atoms with Gasteiger partial charge in [-0.25, -0.2) is 0 Å². The molecule has 0 bridgehead atoms. The lowest BCUT2D eigenvalue weighted by Crippen LogP contribution is -2.25. The molecule has 1 heterocycles. The third-order valence-corrected chi connectivity index (χ3v) is 2.60. The minimum absolute atomic E-state index is 0.708. The van der Waals surface area contributed by atoms with Gasteiger partial charge >= 0.3 is 0 Å². The highest BCUT2D eigenvalue weighted by atomic mass is 15.2. The molecule has 1 aromatic rings. The molecule has 78 valence electrons. The number of likely N-dealkylation sites (N-methyl/N-ethyl adjacent to an activating group) is 1. The van der Waals surface area contributed by atoms with Crippen LogP contribution in [0.2, 0.25) is 0 Å². The van der Waals surface area contributed by atoms with Crippen LogP contribution in [0.4, 0.5) is 0 Å². The summed E-state index contributed by atoms with van der Waals surface area (Å²) in [6.45, 7) is 2.55. The van der Waals surface area contributed by atoms with Gasteiger partial charge in [0, 0.05) is 31.2 Å². The van der Waals surface area contributed by atoms with E-state index in [9.17, 15) is 0 Å². The zero-order valence-corrected chi connectivity index (χ0v) is 8.66. The van der Waals surface area contributed by atoms with E-state index < -0.39 is 0 Å². The quantitative estimate of drug-likeness (QED) is 0.724. The fraction of sp³-hybridized carbons (Fsp3) is 0.700. The van der Waals surface area contributed by atoms with Gasteiger partial charge < -0.3 is 5.73 Å². The van der Waals surface area contributed by atoms with Crippen molar-refractivity contribution in [3.8, 4) is 0 Å². The molecule has 0 spiro atoms. The van der Waals surface area contributed by atoms with Crippen molar-refractivity contribution in [2.75, 3.05) is 20.1 Å². The van der Waals surface area contributed by atoms with Gasteiger partial charge in [0.2, 0.25) is 0 Å². The molecule has 2 rings (SSSR count). The number of nitrogens with zero attached hydrogens (tertiary/aromatic N) is 2. The molecule has 0 atom stereocenters. The molecule has 1 fully saturated rings. The number of hydrogen-bond acceptors (Lipinski definition) is 3. The highest BCUT2D eigenvalue weighted by Gasteiger charge is 2.25. The summed E-state index contributed by atoms with van der Waals surface area (Å²) in [4.78, 5) is 2.20. The molecule has 4 nitrogen and oxygen atoms in total. The van der Waals surface area contributed by atoms with Crippen molar-refractivity contribution in [1.82, 2.24) is 15.1 Å². The molecule has 3 N–H and O–H groups in total. The van der Waals surface area contributed by atoms with Gasteiger partial charge in [0.25, 0.3) is 0 Å². The molecule has 0 amide bonds. The molecule has 1 aliphatic rings. The summed E-state index contributed by atoms with van der Waals surface area (Å²) in [6, 6.07) is 2.19. The molecule has 0 aromatic carbocycles. The Kier molecular flexibility index (Phi) is 2.84. The van der Waals surface area contributed by atoms with E-state index in [2.05, 4.69) is 28.2 Å². The van der Waals surface area contributed by atoms with Gasteiger partial charge in [-0.2, -0.15) is 5.10 Å². The molecule has 1 aromatic heterocycles. The van der Waals surface area contributed by atoms with Gasteiger partial charge in [0.1, 0.15) is 0 Å². The fourth-order valence-corrected chi connectivity index (χ4v) is 1.64. The van der Waals surface area contributed by atoms with Crippen LogP contribution in [0.5, 0.6) is 0 Å². The first kappa shape index (κ1) is 9.68. The molecular weight excluding hydrogens is 176 g/mol. The van der Waals surface area contributed by atoms with Crippen LogP contribution in [0.3, 0.4) is 0 Å². The molecule has 0 unspecified atom stereocenters. The Morgan fingerprint density at radius 1 is 1.64 bits per heavy atom. The maximum absolute atomic E-state index is 5.48. The average molecular weight is 194 g/mol. The third-order valence-electron chi connectivity index (χ3n) is 2.60. The van der Waals surface area contributed by atoms with E-state index in [0.717, 1.165) is 19.0 Å². The minimum atomic E-state index is 0.708. The molecule has 14 heavy (non-hydrogen) atoms. The lowest BCUT2D eigenvalue weighted by molar-refractivity contribution is 0.332. The molecule has 0 saturated heterocycles. The molecule has 0 radical (unpaired) electrons. The standard InChI is InChI=1S/C10H18N4/c1-14(5-4-11)7-9-6-10(13-12-9)8-2-3-8/h6,8H,2-5,7,11H2,1H3,(H,12,13). The number of nitrogens with two attached hydrogens (primary N) is 1. The summed E-state index contributed by atoms with van der Waals surface area (Å²) < 4.78 is 0. The predicted molar refractivity (Wildman–Crippen MR) is 56.0 cm³/mol. The van der Waals surface area contributed by atoms with Crippen LogP contribution in [0.25, 0.3) is 0 Å². The Morgan fingerprint density at radius 2 is 2.43 bits per heavy atom. The van der Waals surface area contributed by atoms with Crippen LogP contribution in [-0.4, -0.2) is 35.2 Å². The van der Waals surface area contributed by atoms with Crippen LogP contribution in [0, 0.1) is 0 Å². The number of aromatic amines is 1. The molecule has 0 aliphatic heterocycles. The van der Waals surface area contributed by atoms with Crippen molar-refractivity contribution in [2.24, 2.45) is 5.73 Å². The van der Waals surface area contributed by atoms with Crippen LogP contribution in [0.15, 0.2) is 6.07 Å². The SMILES string of the molecule is CN(CCN)Cc1cc(C2CC2)n[nH]1. The Balaban J connectivity index is 1.88. The number of hydrogen-bond donors (Lipinski definition) is 2. The van der Waals surface area contributed by atoms with E-state index in [0.29, 0.717) is 6.54 Å². The van der Waals surface area contributed by atoms with Crippen LogP contribution >= 0.6 is 0 Å². The molecule has 4 heteroatoms. The maximum atomic E-state index is 5.48. The van der Waals surface area contributed by atoms with Gasteiger partial charge in [0.15, 0.2) is 0 Å². The second-order valence-corrected chi connectivity index (χ2v) is 4.12. The number of nitrogens with one attached hydrogen (secondary N) is 1. The number of H-pyrrole nitrogens is 1. The largest absolute Gasteiger partial charge is 0.329 e. The normalized spacial score (nSPS) is 16.5. The van der Waals surface area contributed by atoms with Crippen molar-refractivity contribution in [1.29, 1.82) is 0 Å². The van der Waals surface area contributed by atoms with Gasteiger partial charge in [-0.05, 0) is 26.0 Å². The summed E-state index contributed by atoms with van der Waals surface area (Å²) in [7, 11) is 2.07. The van der Waals surface area contributed by atoms with E-state index in [1.165, 1.54) is 24.2 Å². The van der Waals surface area contributed by atoms with Crippen LogP contribution in [0.1, 0.15) is 30.1 Å². The van der Waals surface area contributed by atoms with Crippen LogP contribution < -0.4 is 5.73 Å². The highest BCUT2D eigenvalue weighted by molar-refractivity contribution is 5.17. The number of rotatable bonds is 5. The third kappa shape index (κ3) is 2.33. The second kappa shape index (κ2) is 4.11. The van der Waals surface area contributed by atoms with Crippen molar-refractivity contribution in [3.05, 3.63) is 17.5 Å². The molecule has 1 aliphatic carbocycles. The number of aromatic nitrogens is 2. The molecule has 1 saturated carbocycles. The van der Waals surface area contributed by atoms with E-state index in [1.807, 2.05) is 0 Å². The summed E-state index contributed by atoms with van der Waals surface area (Å²) in [6.07, 6.45) is 2.62. The van der Waals surface area contributed by atoms with Gasteiger partial charge in [-0.3, -0.25) is 10.00 Å². The summed E-state index contributed by atoms with van der Waals surface area (Å²) >= 11 is 0. The Hall–Kier alpha value is -0.870. The summed E-state index contributed by atoms with van der Waals surface area (Å²) in [5.41, 5.74) is 7.91. The average Bonchev–Trinajstić information content (AvgIpc) is 2.89. The lowest BCUT2D eigenvalue weighted by atomic mass is 10.2. The zero-order valence-electron chi connectivity index (χ0n) is 8.66. The van der Waals surface area contributed by atoms with Crippen molar-refractivity contribution in [3.63, 3.8) is 0 Å². The molecular formula is C10H18N4. The predicted octanol–water partition coefficient (Wildman–Crippen LogP) is 0.678. The second-order valence-electron chi connectivity index (χ2n) is 4.12. The summed E-state index contributed by atoms with van der Waals surface area (Å²) in [5.74, 6) is 0.736. The highest BCUT2D eigenvalue weighted by Crippen LogP contribution is 2.38. The zero-order chi connectivity index (χ0) is 9.97. The van der Waals surface area contributed by atoms with E-state index in [-0.39, 0.29) is 0 Å². The van der Waals surface area contributed by atoms with Gasteiger partial charge in [-0.1, -0.05) is 0 Å². The first-order valence-corrected chi connectivity index (χ1v) is 5.22. The van der Waals surface area contributed by atoms with Crippen LogP contribution in [-0.2, 0) is 6.54 Å². The van der Waals surface area contributed by atoms with E-state index >= 15 is 0 Å². The smallest absolute Gasteiger partial charge is 0.0656 e. The monoisotopic (exact) mass is 194 g/mol.